The monoisotopic (exact) mass is 245 g/mol. The Morgan fingerprint density at radius 1 is 1.39 bits per heavy atom. The van der Waals surface area contributed by atoms with Gasteiger partial charge in [0, 0.05) is 23.6 Å². The number of carboxylic acids is 1. The third-order valence-corrected chi connectivity index (χ3v) is 3.31. The average Bonchev–Trinajstić information content (AvgIpc) is 2.72. The topological polar surface area (TPSA) is 42.2 Å². The molecule has 1 aromatic carbocycles. The van der Waals surface area contributed by atoms with Gasteiger partial charge in [-0.1, -0.05) is 20.3 Å². The quantitative estimate of drug-likeness (QED) is 0.871. The fourth-order valence-corrected chi connectivity index (χ4v) is 2.41. The molecule has 1 N–H and O–H groups in total. The van der Waals surface area contributed by atoms with Crippen molar-refractivity contribution in [2.24, 2.45) is 5.92 Å². The lowest BCUT2D eigenvalue weighted by Crippen LogP contribution is -2.06. The Kier molecular flexibility index (Phi) is 3.70. The molecule has 0 saturated heterocycles. The van der Waals surface area contributed by atoms with Crippen LogP contribution >= 0.6 is 0 Å². The van der Waals surface area contributed by atoms with Crippen molar-refractivity contribution in [1.29, 1.82) is 0 Å². The van der Waals surface area contributed by atoms with Gasteiger partial charge in [0.15, 0.2) is 0 Å². The minimum absolute atomic E-state index is 0.349. The van der Waals surface area contributed by atoms with Crippen molar-refractivity contribution in [1.82, 2.24) is 4.57 Å². The van der Waals surface area contributed by atoms with Gasteiger partial charge in [0.1, 0.15) is 0 Å². The second-order valence-electron chi connectivity index (χ2n) is 4.94. The molecule has 0 saturated carbocycles. The van der Waals surface area contributed by atoms with E-state index >= 15 is 0 Å². The Balaban J connectivity index is 2.28. The normalized spacial score (nSPS) is 12.8. The summed E-state index contributed by atoms with van der Waals surface area (Å²) in [6.07, 6.45) is 4.46. The summed E-state index contributed by atoms with van der Waals surface area (Å²) in [6, 6.07) is 7.29. The molecule has 2 rings (SSSR count). The molecule has 0 aliphatic rings. The Labute approximate surface area is 107 Å². The van der Waals surface area contributed by atoms with Crippen LogP contribution in [0.1, 0.15) is 37.0 Å². The molecule has 3 nitrogen and oxygen atoms in total. The van der Waals surface area contributed by atoms with Crippen molar-refractivity contribution in [3.8, 4) is 0 Å². The summed E-state index contributed by atoms with van der Waals surface area (Å²) in [6.45, 7) is 5.44. The molecule has 1 atom stereocenters. The largest absolute Gasteiger partial charge is 0.478 e. The summed E-state index contributed by atoms with van der Waals surface area (Å²) >= 11 is 0. The van der Waals surface area contributed by atoms with Gasteiger partial charge in [-0.15, -0.1) is 0 Å². The first-order valence-corrected chi connectivity index (χ1v) is 6.44. The smallest absolute Gasteiger partial charge is 0.335 e. The van der Waals surface area contributed by atoms with E-state index in [1.165, 1.54) is 12.8 Å². The lowest BCUT2D eigenvalue weighted by molar-refractivity contribution is 0.0697. The summed E-state index contributed by atoms with van der Waals surface area (Å²) in [4.78, 5) is 10.9. The van der Waals surface area contributed by atoms with Crippen LogP contribution in [0.4, 0.5) is 0 Å². The summed E-state index contributed by atoms with van der Waals surface area (Å²) in [5.41, 5.74) is 1.46. The fraction of sp³-hybridized carbons (Fsp3) is 0.400. The van der Waals surface area contributed by atoms with Crippen molar-refractivity contribution in [3.05, 3.63) is 36.0 Å². The van der Waals surface area contributed by atoms with E-state index in [0.29, 0.717) is 11.5 Å². The third-order valence-electron chi connectivity index (χ3n) is 3.31. The Morgan fingerprint density at radius 2 is 2.17 bits per heavy atom. The maximum absolute atomic E-state index is 10.9. The molecular weight excluding hydrogens is 226 g/mol. The van der Waals surface area contributed by atoms with E-state index in [0.717, 1.165) is 17.4 Å². The molecule has 0 amide bonds. The highest BCUT2D eigenvalue weighted by atomic mass is 16.4. The number of hydrogen-bond acceptors (Lipinski definition) is 1. The predicted molar refractivity (Wildman–Crippen MR) is 73.0 cm³/mol. The van der Waals surface area contributed by atoms with Gasteiger partial charge in [0.2, 0.25) is 0 Å². The third kappa shape index (κ3) is 2.55. The van der Waals surface area contributed by atoms with Crippen LogP contribution in [0.3, 0.4) is 0 Å². The number of hydrogen-bond donors (Lipinski definition) is 1. The molecule has 2 aromatic rings. The summed E-state index contributed by atoms with van der Waals surface area (Å²) < 4.78 is 2.21. The van der Waals surface area contributed by atoms with Gasteiger partial charge in [0.25, 0.3) is 0 Å². The Morgan fingerprint density at radius 3 is 2.83 bits per heavy atom. The van der Waals surface area contributed by atoms with Crippen LogP contribution in [0, 0.1) is 5.92 Å². The van der Waals surface area contributed by atoms with Gasteiger partial charge in [0.05, 0.1) is 5.56 Å². The lowest BCUT2D eigenvalue weighted by atomic mass is 10.1. The van der Waals surface area contributed by atoms with Crippen LogP contribution in [0.25, 0.3) is 10.9 Å². The molecule has 3 heteroatoms. The Hall–Kier alpha value is -1.77. The van der Waals surface area contributed by atoms with Gasteiger partial charge in [-0.3, -0.25) is 0 Å². The van der Waals surface area contributed by atoms with E-state index in [-0.39, 0.29) is 0 Å². The molecule has 0 aliphatic heterocycles. The fourth-order valence-electron chi connectivity index (χ4n) is 2.41. The highest BCUT2D eigenvalue weighted by Crippen LogP contribution is 2.20. The van der Waals surface area contributed by atoms with Crippen molar-refractivity contribution >= 4 is 16.9 Å². The van der Waals surface area contributed by atoms with Crippen molar-refractivity contribution in [2.45, 2.75) is 33.2 Å². The van der Waals surface area contributed by atoms with Crippen LogP contribution in [-0.2, 0) is 6.54 Å². The van der Waals surface area contributed by atoms with Crippen LogP contribution in [0.2, 0.25) is 0 Å². The molecule has 0 aliphatic carbocycles. The minimum Gasteiger partial charge on any atom is -0.478 e. The molecular formula is C15H19NO2. The highest BCUT2D eigenvalue weighted by Gasteiger charge is 2.08. The van der Waals surface area contributed by atoms with E-state index in [2.05, 4.69) is 18.4 Å². The van der Waals surface area contributed by atoms with E-state index in [1.807, 2.05) is 18.3 Å². The zero-order valence-corrected chi connectivity index (χ0v) is 10.9. The van der Waals surface area contributed by atoms with Gasteiger partial charge >= 0.3 is 5.97 Å². The van der Waals surface area contributed by atoms with Crippen LogP contribution < -0.4 is 0 Å². The van der Waals surface area contributed by atoms with E-state index in [9.17, 15) is 4.79 Å². The van der Waals surface area contributed by atoms with Crippen molar-refractivity contribution < 1.29 is 9.90 Å². The number of aromatic carboxylic acids is 1. The first-order valence-electron chi connectivity index (χ1n) is 6.44. The van der Waals surface area contributed by atoms with Crippen LogP contribution in [0.15, 0.2) is 30.5 Å². The Bertz CT molecular complexity index is 557. The number of carbonyl (C=O) groups is 1. The molecule has 18 heavy (non-hydrogen) atoms. The van der Waals surface area contributed by atoms with Gasteiger partial charge < -0.3 is 9.67 Å². The molecule has 0 fully saturated rings. The van der Waals surface area contributed by atoms with Gasteiger partial charge in [-0.25, -0.2) is 4.79 Å². The van der Waals surface area contributed by atoms with Crippen LogP contribution in [-0.4, -0.2) is 15.6 Å². The first kappa shape index (κ1) is 12.7. The minimum atomic E-state index is -0.871. The zero-order valence-electron chi connectivity index (χ0n) is 10.9. The maximum atomic E-state index is 10.9. The second kappa shape index (κ2) is 5.25. The lowest BCUT2D eigenvalue weighted by Gasteiger charge is -2.12. The van der Waals surface area contributed by atoms with E-state index < -0.39 is 5.97 Å². The number of aromatic nitrogens is 1. The molecule has 1 heterocycles. The molecule has 1 aromatic heterocycles. The predicted octanol–water partition coefficient (Wildman–Crippen LogP) is 3.78. The summed E-state index contributed by atoms with van der Waals surface area (Å²) in [7, 11) is 0. The molecule has 0 spiro atoms. The number of benzene rings is 1. The molecule has 96 valence electrons. The van der Waals surface area contributed by atoms with Crippen molar-refractivity contribution in [2.75, 3.05) is 0 Å². The molecule has 0 bridgehead atoms. The second-order valence-corrected chi connectivity index (χ2v) is 4.94. The first-order chi connectivity index (χ1) is 8.61. The summed E-state index contributed by atoms with van der Waals surface area (Å²) in [5, 5.41) is 9.96. The average molecular weight is 245 g/mol. The van der Waals surface area contributed by atoms with Crippen molar-refractivity contribution in [3.63, 3.8) is 0 Å². The molecule has 0 radical (unpaired) electrons. The SMILES string of the molecule is CCCC(C)Cn1ccc2cc(C(=O)O)ccc21. The number of nitrogens with zero attached hydrogens (tertiary/aromatic N) is 1. The molecule has 1 unspecified atom stereocenters. The van der Waals surface area contributed by atoms with Crippen LogP contribution in [0.5, 0.6) is 0 Å². The van der Waals surface area contributed by atoms with Gasteiger partial charge in [-0.2, -0.15) is 0 Å². The van der Waals surface area contributed by atoms with E-state index in [1.54, 1.807) is 12.1 Å². The van der Waals surface area contributed by atoms with Gasteiger partial charge in [-0.05, 0) is 36.6 Å². The standard InChI is InChI=1S/C15H19NO2/c1-3-4-11(2)10-16-8-7-12-9-13(15(17)18)5-6-14(12)16/h5-9,11H,3-4,10H2,1-2H3,(H,17,18). The number of fused-ring (bicyclic) bond motifs is 1. The zero-order chi connectivity index (χ0) is 13.1. The maximum Gasteiger partial charge on any atom is 0.335 e. The summed E-state index contributed by atoms with van der Waals surface area (Å²) in [5.74, 6) is -0.228. The van der Waals surface area contributed by atoms with E-state index in [4.69, 9.17) is 5.11 Å². The number of rotatable bonds is 5. The highest BCUT2D eigenvalue weighted by molar-refractivity contribution is 5.93. The number of carboxylic acid groups (broad SMARTS) is 1.